The van der Waals surface area contributed by atoms with E-state index in [9.17, 15) is 8.42 Å². The Kier molecular flexibility index (Phi) is 6.99. The summed E-state index contributed by atoms with van der Waals surface area (Å²) in [4.78, 5) is 0.196. The minimum Gasteiger partial charge on any atom is -0.420 e. The summed E-state index contributed by atoms with van der Waals surface area (Å²) in [7, 11) is -3.84. The van der Waals surface area contributed by atoms with Gasteiger partial charge in [0, 0.05) is 28.9 Å². The maximum Gasteiger partial charge on any atom is 0.248 e. The van der Waals surface area contributed by atoms with E-state index in [1.54, 1.807) is 6.07 Å². The summed E-state index contributed by atoms with van der Waals surface area (Å²) in [6, 6.07) is 7.90. The van der Waals surface area contributed by atoms with Crippen LogP contribution in [0.4, 0.5) is 0 Å². The van der Waals surface area contributed by atoms with Crippen molar-refractivity contribution in [1.29, 1.82) is 0 Å². The number of sulfonamides is 1. The third-order valence-electron chi connectivity index (χ3n) is 7.21. The van der Waals surface area contributed by atoms with E-state index in [-0.39, 0.29) is 15.7 Å². The first-order valence-electron chi connectivity index (χ1n) is 12.9. The molecule has 8 heteroatoms. The summed E-state index contributed by atoms with van der Waals surface area (Å²) < 4.78 is 33.1. The molecule has 2 heterocycles. The van der Waals surface area contributed by atoms with Gasteiger partial charge in [-0.25, -0.2) is 13.6 Å². The van der Waals surface area contributed by atoms with Crippen molar-refractivity contribution in [3.05, 3.63) is 41.4 Å². The lowest BCUT2D eigenvalue weighted by Gasteiger charge is -2.25. The van der Waals surface area contributed by atoms with Crippen LogP contribution >= 0.6 is 0 Å². The van der Waals surface area contributed by atoms with Crippen LogP contribution in [0.1, 0.15) is 90.8 Å². The van der Waals surface area contributed by atoms with E-state index in [2.05, 4.69) is 41.6 Å². The first-order valence-corrected chi connectivity index (χ1v) is 14.4. The smallest absolute Gasteiger partial charge is 0.248 e. The van der Waals surface area contributed by atoms with Crippen LogP contribution in [0.5, 0.6) is 0 Å². The Balaban J connectivity index is 1.85. The van der Waals surface area contributed by atoms with Crippen molar-refractivity contribution in [3.8, 4) is 22.7 Å². The fourth-order valence-corrected chi connectivity index (χ4v) is 5.95. The van der Waals surface area contributed by atoms with Crippen molar-refractivity contribution in [2.75, 3.05) is 0 Å². The molecule has 0 atom stereocenters. The summed E-state index contributed by atoms with van der Waals surface area (Å²) in [5, 5.41) is 14.3. The Morgan fingerprint density at radius 3 is 2.22 bits per heavy atom. The van der Waals surface area contributed by atoms with E-state index in [0.29, 0.717) is 23.4 Å². The molecule has 0 spiro atoms. The fourth-order valence-electron chi connectivity index (χ4n) is 5.16. The molecule has 0 bridgehead atoms. The van der Waals surface area contributed by atoms with Crippen molar-refractivity contribution < 1.29 is 12.8 Å². The molecule has 2 aromatic heterocycles. The van der Waals surface area contributed by atoms with Crippen LogP contribution in [0, 0.1) is 12.8 Å². The number of benzene rings is 1. The van der Waals surface area contributed by atoms with E-state index < -0.39 is 10.0 Å². The number of nitrogens with two attached hydrogens (primary N) is 1. The molecular weight excluding hydrogens is 472 g/mol. The number of hydrogen-bond donors (Lipinski definition) is 1. The molecule has 196 valence electrons. The highest BCUT2D eigenvalue weighted by Gasteiger charge is 2.28. The molecule has 1 saturated carbocycles. The standard InChI is InChI=1S/C28H40N4O3S/c1-18-24(36(29,33)34)16-23(32(18)17-19-11-9-8-10-12-19)20-13-14-21(22(15-20)27(2,3)4)25-30-31-26(35-25)28(5,6)7/h13-16,19H,8-12,17H2,1-7H3,(H2,29,33,34). The number of primary sulfonamides is 1. The van der Waals surface area contributed by atoms with Crippen LogP contribution in [0.25, 0.3) is 22.7 Å². The molecule has 7 nitrogen and oxygen atoms in total. The average Bonchev–Trinajstić information content (AvgIpc) is 3.39. The zero-order valence-corrected chi connectivity index (χ0v) is 23.5. The minimum absolute atomic E-state index is 0.196. The second-order valence-electron chi connectivity index (χ2n) is 12.3. The van der Waals surface area contributed by atoms with Gasteiger partial charge >= 0.3 is 0 Å². The van der Waals surface area contributed by atoms with Gasteiger partial charge in [-0.2, -0.15) is 0 Å². The van der Waals surface area contributed by atoms with E-state index in [0.717, 1.165) is 28.9 Å². The number of hydrogen-bond acceptors (Lipinski definition) is 5. The molecule has 1 aliphatic rings. The van der Waals surface area contributed by atoms with Gasteiger partial charge < -0.3 is 8.98 Å². The van der Waals surface area contributed by atoms with Crippen molar-refractivity contribution in [2.45, 2.75) is 103 Å². The number of aromatic nitrogens is 3. The van der Waals surface area contributed by atoms with E-state index >= 15 is 0 Å². The predicted molar refractivity (Wildman–Crippen MR) is 143 cm³/mol. The van der Waals surface area contributed by atoms with E-state index in [1.807, 2.05) is 39.8 Å². The Bertz CT molecular complexity index is 1350. The highest BCUT2D eigenvalue weighted by Crippen LogP contribution is 2.39. The van der Waals surface area contributed by atoms with Gasteiger partial charge in [0.25, 0.3) is 0 Å². The molecule has 0 radical (unpaired) electrons. The summed E-state index contributed by atoms with van der Waals surface area (Å²) >= 11 is 0. The molecule has 0 amide bonds. The van der Waals surface area contributed by atoms with Gasteiger partial charge in [-0.05, 0) is 60.4 Å². The highest BCUT2D eigenvalue weighted by molar-refractivity contribution is 7.89. The van der Waals surface area contributed by atoms with Crippen LogP contribution in [-0.2, 0) is 27.4 Å². The fraction of sp³-hybridized carbons (Fsp3) is 0.571. The first kappa shape index (κ1) is 26.6. The van der Waals surface area contributed by atoms with Crippen molar-refractivity contribution >= 4 is 10.0 Å². The molecule has 0 aliphatic heterocycles. The van der Waals surface area contributed by atoms with Gasteiger partial charge in [0.1, 0.15) is 4.90 Å². The summed E-state index contributed by atoms with van der Waals surface area (Å²) in [6.07, 6.45) is 6.07. The monoisotopic (exact) mass is 512 g/mol. The molecule has 0 unspecified atom stereocenters. The van der Waals surface area contributed by atoms with Gasteiger partial charge in [-0.3, -0.25) is 0 Å². The van der Waals surface area contributed by atoms with E-state index in [4.69, 9.17) is 9.56 Å². The Morgan fingerprint density at radius 2 is 1.67 bits per heavy atom. The molecule has 36 heavy (non-hydrogen) atoms. The third-order valence-corrected chi connectivity index (χ3v) is 8.24. The number of rotatable bonds is 5. The molecule has 3 aromatic rings. The molecular formula is C28H40N4O3S. The van der Waals surface area contributed by atoms with Crippen molar-refractivity contribution in [2.24, 2.45) is 11.1 Å². The van der Waals surface area contributed by atoms with Crippen LogP contribution < -0.4 is 5.14 Å². The molecule has 0 saturated heterocycles. The summed E-state index contributed by atoms with van der Waals surface area (Å²) in [6.45, 7) is 15.2. The van der Waals surface area contributed by atoms with Crippen LogP contribution in [-0.4, -0.2) is 23.2 Å². The Hall–Kier alpha value is -2.45. The van der Waals surface area contributed by atoms with Crippen LogP contribution in [0.15, 0.2) is 33.6 Å². The molecule has 1 fully saturated rings. The minimum atomic E-state index is -3.84. The quantitative estimate of drug-likeness (QED) is 0.430. The van der Waals surface area contributed by atoms with Crippen LogP contribution in [0.2, 0.25) is 0 Å². The summed E-state index contributed by atoms with van der Waals surface area (Å²) in [5.41, 5.74) is 4.03. The van der Waals surface area contributed by atoms with Gasteiger partial charge in [0.2, 0.25) is 21.8 Å². The highest BCUT2D eigenvalue weighted by atomic mass is 32.2. The Morgan fingerprint density at radius 1 is 1.00 bits per heavy atom. The topological polar surface area (TPSA) is 104 Å². The van der Waals surface area contributed by atoms with E-state index in [1.165, 1.54) is 32.1 Å². The lowest BCUT2D eigenvalue weighted by molar-refractivity contribution is 0.318. The SMILES string of the molecule is Cc1c(S(N)(=O)=O)cc(-c2ccc(-c3nnc(C(C)(C)C)o3)c(C(C)(C)C)c2)n1CC1CCCCC1. The van der Waals surface area contributed by atoms with Crippen molar-refractivity contribution in [1.82, 2.24) is 14.8 Å². The molecule has 1 aliphatic carbocycles. The zero-order chi connectivity index (χ0) is 26.5. The summed E-state index contributed by atoms with van der Waals surface area (Å²) in [5.74, 6) is 1.62. The first-order chi connectivity index (χ1) is 16.7. The van der Waals surface area contributed by atoms with Crippen molar-refractivity contribution in [3.63, 3.8) is 0 Å². The average molecular weight is 513 g/mol. The van der Waals surface area contributed by atoms with Gasteiger partial charge in [0.15, 0.2) is 0 Å². The second kappa shape index (κ2) is 9.45. The van der Waals surface area contributed by atoms with Gasteiger partial charge in [-0.15, -0.1) is 10.2 Å². The van der Waals surface area contributed by atoms with Gasteiger partial charge in [0.05, 0.1) is 0 Å². The lowest BCUT2D eigenvalue weighted by Crippen LogP contribution is -2.17. The van der Waals surface area contributed by atoms with Gasteiger partial charge in [-0.1, -0.05) is 66.9 Å². The maximum atomic E-state index is 12.4. The molecule has 1 aromatic carbocycles. The van der Waals surface area contributed by atoms with Crippen LogP contribution in [0.3, 0.4) is 0 Å². The molecule has 2 N–H and O–H groups in total. The normalized spacial score (nSPS) is 16.0. The third kappa shape index (κ3) is 5.44. The second-order valence-corrected chi connectivity index (χ2v) is 13.8. The number of nitrogens with zero attached hydrogens (tertiary/aromatic N) is 3. The zero-order valence-electron chi connectivity index (χ0n) is 22.7. The molecule has 4 rings (SSSR count). The predicted octanol–water partition coefficient (Wildman–Crippen LogP) is 6.34. The maximum absolute atomic E-state index is 12.4. The Labute approximate surface area is 215 Å². The lowest BCUT2D eigenvalue weighted by atomic mass is 9.82. The largest absolute Gasteiger partial charge is 0.420 e.